The number of aryl methyl sites for hydroxylation is 2. The summed E-state index contributed by atoms with van der Waals surface area (Å²) in [6.45, 7) is 3.33. The largest absolute Gasteiger partial charge is 0.472 e. The summed E-state index contributed by atoms with van der Waals surface area (Å²) in [6.07, 6.45) is 8.02. The Bertz CT molecular complexity index is 810. The van der Waals surface area contributed by atoms with Gasteiger partial charge in [0.1, 0.15) is 0 Å². The Morgan fingerprint density at radius 3 is 2.71 bits per heavy atom. The summed E-state index contributed by atoms with van der Waals surface area (Å²) in [4.78, 5) is 34.1. The highest BCUT2D eigenvalue weighted by Crippen LogP contribution is 2.34. The van der Waals surface area contributed by atoms with Crippen LogP contribution in [0.4, 0.5) is 0 Å². The van der Waals surface area contributed by atoms with Crippen molar-refractivity contribution in [1.29, 1.82) is 0 Å². The van der Waals surface area contributed by atoms with Crippen LogP contribution >= 0.6 is 0 Å². The van der Waals surface area contributed by atoms with Gasteiger partial charge in [0.15, 0.2) is 0 Å². The van der Waals surface area contributed by atoms with Gasteiger partial charge in [-0.05, 0) is 18.1 Å². The van der Waals surface area contributed by atoms with Gasteiger partial charge < -0.3 is 23.5 Å². The standard InChI is InChI=1S/C20H26N4O4/c1-22-12-18(21-14-22)16-10-24(19(25)3-2-15-4-7-28-13-15)11-17(16)20(26)23-5-8-27-9-6-23/h4,7,12-14,16-17H,2-3,5-6,8-11H2,1H3/t16-,17-/m1/s1. The number of rotatable bonds is 5. The molecule has 0 spiro atoms. The van der Waals surface area contributed by atoms with E-state index < -0.39 is 0 Å². The molecule has 150 valence electrons. The van der Waals surface area contributed by atoms with E-state index in [0.29, 0.717) is 52.2 Å². The number of aromatic nitrogens is 2. The highest BCUT2D eigenvalue weighted by molar-refractivity contribution is 5.83. The highest BCUT2D eigenvalue weighted by atomic mass is 16.5. The topological polar surface area (TPSA) is 80.8 Å². The quantitative estimate of drug-likeness (QED) is 0.767. The van der Waals surface area contributed by atoms with Crippen LogP contribution in [0.2, 0.25) is 0 Å². The minimum Gasteiger partial charge on any atom is -0.472 e. The summed E-state index contributed by atoms with van der Waals surface area (Å²) >= 11 is 0. The normalized spacial score (nSPS) is 22.6. The van der Waals surface area contributed by atoms with Crippen molar-refractivity contribution in [2.75, 3.05) is 39.4 Å². The van der Waals surface area contributed by atoms with Gasteiger partial charge in [0.2, 0.25) is 11.8 Å². The number of carbonyl (C=O) groups is 2. The Morgan fingerprint density at radius 2 is 2.04 bits per heavy atom. The van der Waals surface area contributed by atoms with E-state index in [-0.39, 0.29) is 23.7 Å². The zero-order chi connectivity index (χ0) is 19.5. The van der Waals surface area contributed by atoms with Gasteiger partial charge in [-0.2, -0.15) is 0 Å². The number of carbonyl (C=O) groups excluding carboxylic acids is 2. The fourth-order valence-electron chi connectivity index (χ4n) is 4.04. The van der Waals surface area contributed by atoms with Crippen LogP contribution in [0.25, 0.3) is 0 Å². The van der Waals surface area contributed by atoms with E-state index >= 15 is 0 Å². The lowest BCUT2D eigenvalue weighted by Gasteiger charge is -2.30. The fourth-order valence-corrected chi connectivity index (χ4v) is 4.04. The Hall–Kier alpha value is -2.61. The van der Waals surface area contributed by atoms with Gasteiger partial charge in [0.05, 0.1) is 43.7 Å². The maximum Gasteiger partial charge on any atom is 0.228 e. The maximum atomic E-state index is 13.2. The van der Waals surface area contributed by atoms with Crippen molar-refractivity contribution in [2.45, 2.75) is 18.8 Å². The summed E-state index contributed by atoms with van der Waals surface area (Å²) in [5.41, 5.74) is 1.88. The molecule has 4 rings (SSSR count). The lowest BCUT2D eigenvalue weighted by molar-refractivity contribution is -0.140. The van der Waals surface area contributed by atoms with Crippen LogP contribution in [0.15, 0.2) is 35.5 Å². The summed E-state index contributed by atoms with van der Waals surface area (Å²) in [7, 11) is 1.91. The smallest absolute Gasteiger partial charge is 0.228 e. The molecule has 2 aliphatic rings. The zero-order valence-corrected chi connectivity index (χ0v) is 16.1. The third kappa shape index (κ3) is 3.96. The van der Waals surface area contributed by atoms with Crippen LogP contribution in [0.1, 0.15) is 23.6 Å². The van der Waals surface area contributed by atoms with Crippen LogP contribution in [0.5, 0.6) is 0 Å². The van der Waals surface area contributed by atoms with Crippen molar-refractivity contribution < 1.29 is 18.7 Å². The molecule has 0 bridgehead atoms. The van der Waals surface area contributed by atoms with Gasteiger partial charge >= 0.3 is 0 Å². The Labute approximate surface area is 164 Å². The Morgan fingerprint density at radius 1 is 1.21 bits per heavy atom. The first-order valence-corrected chi connectivity index (χ1v) is 9.75. The van der Waals surface area contributed by atoms with E-state index in [0.717, 1.165) is 11.3 Å². The van der Waals surface area contributed by atoms with Gasteiger partial charge in [0, 0.05) is 51.8 Å². The molecule has 2 fully saturated rings. The second kappa shape index (κ2) is 8.18. The first kappa shape index (κ1) is 18.7. The molecule has 28 heavy (non-hydrogen) atoms. The monoisotopic (exact) mass is 386 g/mol. The number of furan rings is 1. The van der Waals surface area contributed by atoms with E-state index in [1.54, 1.807) is 18.9 Å². The molecule has 0 N–H and O–H groups in total. The van der Waals surface area contributed by atoms with Gasteiger partial charge in [0.25, 0.3) is 0 Å². The second-order valence-electron chi connectivity index (χ2n) is 7.54. The molecule has 0 aromatic carbocycles. The highest BCUT2D eigenvalue weighted by Gasteiger charge is 2.43. The number of hydrogen-bond donors (Lipinski definition) is 0. The van der Waals surface area contributed by atoms with Crippen LogP contribution in [-0.2, 0) is 27.8 Å². The molecule has 0 saturated carbocycles. The summed E-state index contributed by atoms with van der Waals surface area (Å²) in [5, 5.41) is 0. The lowest BCUT2D eigenvalue weighted by Crippen LogP contribution is -2.45. The van der Waals surface area contributed by atoms with E-state index in [4.69, 9.17) is 9.15 Å². The minimum absolute atomic E-state index is 0.0689. The van der Waals surface area contributed by atoms with E-state index in [1.807, 2.05) is 33.7 Å². The van der Waals surface area contributed by atoms with Gasteiger partial charge in [-0.15, -0.1) is 0 Å². The first-order valence-electron chi connectivity index (χ1n) is 9.75. The molecular weight excluding hydrogens is 360 g/mol. The molecule has 2 aliphatic heterocycles. The number of amides is 2. The molecule has 2 atom stereocenters. The SMILES string of the molecule is Cn1cnc([C@@H]2CN(C(=O)CCc3ccoc3)C[C@H]2C(=O)N2CCOCC2)c1. The van der Waals surface area contributed by atoms with Gasteiger partial charge in [-0.25, -0.2) is 4.98 Å². The van der Waals surface area contributed by atoms with Crippen molar-refractivity contribution in [2.24, 2.45) is 13.0 Å². The molecule has 2 aromatic rings. The Kier molecular flexibility index (Phi) is 5.47. The average Bonchev–Trinajstić information content (AvgIpc) is 3.46. The number of ether oxygens (including phenoxy) is 1. The summed E-state index contributed by atoms with van der Waals surface area (Å²) < 4.78 is 12.3. The van der Waals surface area contributed by atoms with Crippen LogP contribution < -0.4 is 0 Å². The zero-order valence-electron chi connectivity index (χ0n) is 16.1. The van der Waals surface area contributed by atoms with Crippen LogP contribution in [-0.4, -0.2) is 70.6 Å². The van der Waals surface area contributed by atoms with Gasteiger partial charge in [-0.1, -0.05) is 0 Å². The summed E-state index contributed by atoms with van der Waals surface area (Å²) in [5.74, 6) is -0.163. The molecule has 8 nitrogen and oxygen atoms in total. The maximum absolute atomic E-state index is 13.2. The number of hydrogen-bond acceptors (Lipinski definition) is 5. The van der Waals surface area contributed by atoms with Crippen molar-refractivity contribution in [3.05, 3.63) is 42.4 Å². The number of morpholine rings is 1. The lowest BCUT2D eigenvalue weighted by atomic mass is 9.92. The van der Waals surface area contributed by atoms with Crippen LogP contribution in [0.3, 0.4) is 0 Å². The average molecular weight is 386 g/mol. The molecule has 0 unspecified atom stereocenters. The molecule has 2 saturated heterocycles. The number of nitrogens with zero attached hydrogens (tertiary/aromatic N) is 4. The molecule has 8 heteroatoms. The first-order chi connectivity index (χ1) is 13.6. The fraction of sp³-hybridized carbons (Fsp3) is 0.550. The van der Waals surface area contributed by atoms with E-state index in [2.05, 4.69) is 4.98 Å². The van der Waals surface area contributed by atoms with Crippen molar-refractivity contribution in [3.8, 4) is 0 Å². The third-order valence-electron chi connectivity index (χ3n) is 5.62. The number of likely N-dealkylation sites (tertiary alicyclic amines) is 1. The van der Waals surface area contributed by atoms with E-state index in [1.165, 1.54) is 0 Å². The Balaban J connectivity index is 1.47. The predicted octanol–water partition coefficient (Wildman–Crippen LogP) is 1.05. The summed E-state index contributed by atoms with van der Waals surface area (Å²) in [6, 6.07) is 1.87. The van der Waals surface area contributed by atoms with E-state index in [9.17, 15) is 9.59 Å². The second-order valence-corrected chi connectivity index (χ2v) is 7.54. The predicted molar refractivity (Wildman–Crippen MR) is 100 cm³/mol. The molecule has 0 radical (unpaired) electrons. The van der Waals surface area contributed by atoms with Crippen molar-refractivity contribution >= 4 is 11.8 Å². The minimum atomic E-state index is -0.258. The van der Waals surface area contributed by atoms with Crippen LogP contribution in [0, 0.1) is 5.92 Å². The third-order valence-corrected chi connectivity index (χ3v) is 5.62. The molecule has 4 heterocycles. The molecule has 2 aromatic heterocycles. The molecule has 2 amide bonds. The van der Waals surface area contributed by atoms with Gasteiger partial charge in [-0.3, -0.25) is 9.59 Å². The van der Waals surface area contributed by atoms with Crippen molar-refractivity contribution in [3.63, 3.8) is 0 Å². The number of imidazole rings is 1. The molecule has 0 aliphatic carbocycles. The van der Waals surface area contributed by atoms with Crippen molar-refractivity contribution in [1.82, 2.24) is 19.4 Å². The molecular formula is C20H26N4O4.